The summed E-state index contributed by atoms with van der Waals surface area (Å²) in [4.78, 5) is 16.6. The van der Waals surface area contributed by atoms with Crippen LogP contribution in [0.2, 0.25) is 0 Å². The summed E-state index contributed by atoms with van der Waals surface area (Å²) in [7, 11) is 0.185. The first-order valence-corrected chi connectivity index (χ1v) is 10.8. The average molecular weight is 396 g/mol. The van der Waals surface area contributed by atoms with Crippen LogP contribution < -0.4 is 14.8 Å². The smallest absolute Gasteiger partial charge is 0.226 e. The maximum atomic E-state index is 12.2. The van der Waals surface area contributed by atoms with Crippen LogP contribution in [0.5, 0.6) is 11.5 Å². The van der Waals surface area contributed by atoms with Crippen molar-refractivity contribution in [1.29, 1.82) is 0 Å². The molecule has 0 saturated carbocycles. The van der Waals surface area contributed by atoms with Gasteiger partial charge in [-0.25, -0.2) is 13.4 Å². The zero-order valence-electron chi connectivity index (χ0n) is 14.5. The number of aromatic nitrogens is 1. The Morgan fingerprint density at radius 1 is 1.35 bits per heavy atom. The number of benzene rings is 1. The van der Waals surface area contributed by atoms with Crippen LogP contribution in [0.4, 0.5) is 5.13 Å². The second-order valence-corrected chi connectivity index (χ2v) is 9.21. The average Bonchev–Trinajstić information content (AvgIpc) is 3.20. The minimum Gasteiger partial charge on any atom is -0.497 e. The molecule has 1 aromatic heterocycles. The molecule has 0 unspecified atom stereocenters. The van der Waals surface area contributed by atoms with E-state index in [2.05, 4.69) is 10.3 Å². The van der Waals surface area contributed by atoms with Gasteiger partial charge in [0.1, 0.15) is 11.5 Å². The lowest BCUT2D eigenvalue weighted by atomic mass is 10.1. The van der Waals surface area contributed by atoms with Crippen molar-refractivity contribution in [2.45, 2.75) is 12.8 Å². The SMILES string of the molecule is COc1ccc(OC)c(-c2csc(NC(=O)C[C@@H]3CCS(=O)(=O)C3)n2)c1. The van der Waals surface area contributed by atoms with Gasteiger partial charge < -0.3 is 14.8 Å². The third-order valence-electron chi connectivity index (χ3n) is 4.23. The van der Waals surface area contributed by atoms with E-state index in [1.165, 1.54) is 11.3 Å². The van der Waals surface area contributed by atoms with Gasteiger partial charge in [-0.1, -0.05) is 0 Å². The summed E-state index contributed by atoms with van der Waals surface area (Å²) in [6.45, 7) is 0. The molecule has 1 aromatic carbocycles. The van der Waals surface area contributed by atoms with Gasteiger partial charge in [0, 0.05) is 17.4 Å². The van der Waals surface area contributed by atoms with E-state index in [0.29, 0.717) is 28.7 Å². The van der Waals surface area contributed by atoms with Crippen molar-refractivity contribution in [3.63, 3.8) is 0 Å². The zero-order valence-corrected chi connectivity index (χ0v) is 16.2. The van der Waals surface area contributed by atoms with E-state index in [0.717, 1.165) is 5.56 Å². The summed E-state index contributed by atoms with van der Waals surface area (Å²) in [5.41, 5.74) is 1.44. The molecular weight excluding hydrogens is 376 g/mol. The highest BCUT2D eigenvalue weighted by Crippen LogP contribution is 2.35. The van der Waals surface area contributed by atoms with E-state index in [1.807, 2.05) is 11.4 Å². The molecule has 1 N–H and O–H groups in total. The summed E-state index contributed by atoms with van der Waals surface area (Å²) in [6.07, 6.45) is 0.733. The zero-order chi connectivity index (χ0) is 18.7. The van der Waals surface area contributed by atoms with E-state index >= 15 is 0 Å². The number of nitrogens with zero attached hydrogens (tertiary/aromatic N) is 1. The molecule has 1 atom stereocenters. The van der Waals surface area contributed by atoms with E-state index < -0.39 is 9.84 Å². The van der Waals surface area contributed by atoms with E-state index in [-0.39, 0.29) is 29.8 Å². The van der Waals surface area contributed by atoms with Gasteiger partial charge in [0.2, 0.25) is 5.91 Å². The number of sulfone groups is 1. The van der Waals surface area contributed by atoms with Crippen molar-refractivity contribution < 1.29 is 22.7 Å². The Kier molecular flexibility index (Phi) is 5.47. The summed E-state index contributed by atoms with van der Waals surface area (Å²) in [6, 6.07) is 5.42. The highest BCUT2D eigenvalue weighted by molar-refractivity contribution is 7.91. The summed E-state index contributed by atoms with van der Waals surface area (Å²) >= 11 is 1.31. The van der Waals surface area contributed by atoms with Crippen LogP contribution in [0, 0.1) is 5.92 Å². The second-order valence-electron chi connectivity index (χ2n) is 6.13. The fourth-order valence-corrected chi connectivity index (χ4v) is 5.52. The third-order valence-corrected chi connectivity index (χ3v) is 6.83. The Morgan fingerprint density at radius 2 is 2.15 bits per heavy atom. The Balaban J connectivity index is 1.69. The predicted molar refractivity (Wildman–Crippen MR) is 101 cm³/mol. The molecule has 9 heteroatoms. The molecule has 1 amide bonds. The molecule has 0 spiro atoms. The van der Waals surface area contributed by atoms with Gasteiger partial charge in [0.15, 0.2) is 15.0 Å². The van der Waals surface area contributed by atoms with E-state index in [4.69, 9.17) is 9.47 Å². The fourth-order valence-electron chi connectivity index (χ4n) is 2.93. The summed E-state index contributed by atoms with van der Waals surface area (Å²) in [5, 5.41) is 5.05. The number of amides is 1. The largest absolute Gasteiger partial charge is 0.497 e. The standard InChI is InChI=1S/C17H20N2O5S2/c1-23-12-3-4-15(24-2)13(8-12)14-9-25-17(18-14)19-16(20)7-11-5-6-26(21,22)10-11/h3-4,8-9,11H,5-7,10H2,1-2H3,(H,18,19,20)/t11-/m0/s1. The molecule has 1 fully saturated rings. The number of nitrogens with one attached hydrogen (secondary N) is 1. The number of hydrogen-bond acceptors (Lipinski definition) is 7. The van der Waals surface area contributed by atoms with Gasteiger partial charge in [-0.3, -0.25) is 4.79 Å². The molecule has 140 valence electrons. The Morgan fingerprint density at radius 3 is 2.81 bits per heavy atom. The number of hydrogen-bond donors (Lipinski definition) is 1. The first kappa shape index (κ1) is 18.7. The number of ether oxygens (including phenoxy) is 2. The first-order chi connectivity index (χ1) is 12.4. The van der Waals surface area contributed by atoms with Crippen molar-refractivity contribution in [3.05, 3.63) is 23.6 Å². The second kappa shape index (κ2) is 7.63. The van der Waals surface area contributed by atoms with Gasteiger partial charge in [0.25, 0.3) is 0 Å². The van der Waals surface area contributed by atoms with Crippen molar-refractivity contribution in [2.75, 3.05) is 31.0 Å². The number of rotatable bonds is 6. The van der Waals surface area contributed by atoms with Crippen LogP contribution in [0.15, 0.2) is 23.6 Å². The van der Waals surface area contributed by atoms with Gasteiger partial charge >= 0.3 is 0 Å². The minimum atomic E-state index is -2.98. The van der Waals surface area contributed by atoms with Crippen molar-refractivity contribution in [2.24, 2.45) is 5.92 Å². The van der Waals surface area contributed by atoms with Gasteiger partial charge in [-0.2, -0.15) is 0 Å². The number of carbonyl (C=O) groups excluding carboxylic acids is 1. The molecule has 0 aliphatic carbocycles. The first-order valence-electron chi connectivity index (χ1n) is 8.08. The maximum Gasteiger partial charge on any atom is 0.226 e. The van der Waals surface area contributed by atoms with Crippen LogP contribution in [0.25, 0.3) is 11.3 Å². The molecule has 2 heterocycles. The highest BCUT2D eigenvalue weighted by Gasteiger charge is 2.29. The molecule has 26 heavy (non-hydrogen) atoms. The molecule has 7 nitrogen and oxygen atoms in total. The van der Waals surface area contributed by atoms with Crippen molar-refractivity contribution in [1.82, 2.24) is 4.98 Å². The molecule has 1 aliphatic heterocycles. The molecule has 1 aliphatic rings. The normalized spacial score (nSPS) is 18.5. The number of thiazole rings is 1. The lowest BCUT2D eigenvalue weighted by Crippen LogP contribution is -2.17. The molecule has 0 bridgehead atoms. The summed E-state index contributed by atoms with van der Waals surface area (Å²) < 4.78 is 33.6. The Labute approximate surface area is 156 Å². The topological polar surface area (TPSA) is 94.6 Å². The molecule has 0 radical (unpaired) electrons. The summed E-state index contributed by atoms with van der Waals surface area (Å²) in [5.74, 6) is 1.27. The van der Waals surface area contributed by atoms with Crippen molar-refractivity contribution in [3.8, 4) is 22.8 Å². The lowest BCUT2D eigenvalue weighted by molar-refractivity contribution is -0.116. The van der Waals surface area contributed by atoms with E-state index in [9.17, 15) is 13.2 Å². The Hall–Kier alpha value is -2.13. The predicted octanol–water partition coefficient (Wildman–Crippen LogP) is 2.59. The van der Waals surface area contributed by atoms with Crippen LogP contribution in [0.1, 0.15) is 12.8 Å². The van der Waals surface area contributed by atoms with Gasteiger partial charge in [0.05, 0.1) is 31.4 Å². The van der Waals surface area contributed by atoms with Crippen LogP contribution >= 0.6 is 11.3 Å². The third kappa shape index (κ3) is 4.34. The highest BCUT2D eigenvalue weighted by atomic mass is 32.2. The number of anilines is 1. The van der Waals surface area contributed by atoms with E-state index in [1.54, 1.807) is 26.4 Å². The van der Waals surface area contributed by atoms with Gasteiger partial charge in [-0.05, 0) is 30.5 Å². The molecule has 3 rings (SSSR count). The van der Waals surface area contributed by atoms with Crippen LogP contribution in [-0.4, -0.2) is 45.0 Å². The Bertz CT molecular complexity index is 908. The molecule has 2 aromatic rings. The van der Waals surface area contributed by atoms with Crippen LogP contribution in [-0.2, 0) is 14.6 Å². The fraction of sp³-hybridized carbons (Fsp3) is 0.412. The van der Waals surface area contributed by atoms with Gasteiger partial charge in [-0.15, -0.1) is 11.3 Å². The lowest BCUT2D eigenvalue weighted by Gasteiger charge is -2.08. The quantitative estimate of drug-likeness (QED) is 0.806. The number of methoxy groups -OCH3 is 2. The monoisotopic (exact) mass is 396 g/mol. The number of carbonyl (C=O) groups is 1. The minimum absolute atomic E-state index is 0.0878. The maximum absolute atomic E-state index is 12.2. The molecular formula is C17H20N2O5S2. The molecule has 1 saturated heterocycles. The van der Waals surface area contributed by atoms with Crippen molar-refractivity contribution >= 4 is 32.2 Å². The van der Waals surface area contributed by atoms with Crippen LogP contribution in [0.3, 0.4) is 0 Å².